The van der Waals surface area contributed by atoms with Gasteiger partial charge in [0.2, 0.25) is 0 Å². The number of hydrogen-bond donors (Lipinski definition) is 1. The Bertz CT molecular complexity index is 643. The zero-order valence-electron chi connectivity index (χ0n) is 13.2. The van der Waals surface area contributed by atoms with Crippen molar-refractivity contribution in [3.63, 3.8) is 0 Å². The molecule has 7 nitrogen and oxygen atoms in total. The van der Waals surface area contributed by atoms with E-state index in [0.29, 0.717) is 25.4 Å². The van der Waals surface area contributed by atoms with Crippen LogP contribution in [0.25, 0.3) is 0 Å². The topological polar surface area (TPSA) is 72.3 Å². The molecule has 122 valence electrons. The van der Waals surface area contributed by atoms with Crippen LogP contribution in [0.3, 0.4) is 0 Å². The lowest BCUT2D eigenvalue weighted by Gasteiger charge is -2.30. The molecule has 7 heteroatoms. The fourth-order valence-corrected chi connectivity index (χ4v) is 2.56. The molecule has 3 rings (SSSR count). The second kappa shape index (κ2) is 7.34. The lowest BCUT2D eigenvalue weighted by Crippen LogP contribution is -2.47. The van der Waals surface area contributed by atoms with Crippen LogP contribution in [-0.2, 0) is 16.1 Å². The Balaban J connectivity index is 1.57. The van der Waals surface area contributed by atoms with Crippen LogP contribution in [0.1, 0.15) is 12.5 Å². The molecule has 1 fully saturated rings. The van der Waals surface area contributed by atoms with Gasteiger partial charge in [-0.05, 0) is 24.2 Å². The molecular formula is C16H21N5O2. The summed E-state index contributed by atoms with van der Waals surface area (Å²) in [5.74, 6) is -0.119. The minimum atomic E-state index is -0.424. The van der Waals surface area contributed by atoms with E-state index in [1.807, 2.05) is 18.3 Å². The zero-order valence-corrected chi connectivity index (χ0v) is 13.2. The highest BCUT2D eigenvalue weighted by Gasteiger charge is 2.26. The highest BCUT2D eigenvalue weighted by molar-refractivity contribution is 5.94. The summed E-state index contributed by atoms with van der Waals surface area (Å²) in [7, 11) is 0. The number of pyridine rings is 1. The average Bonchev–Trinajstić information content (AvgIpc) is 3.02. The van der Waals surface area contributed by atoms with Gasteiger partial charge in [-0.1, -0.05) is 6.92 Å². The van der Waals surface area contributed by atoms with Crippen molar-refractivity contribution in [2.75, 3.05) is 31.6 Å². The number of amides is 1. The maximum atomic E-state index is 12.3. The number of ether oxygens (including phenoxy) is 1. The number of rotatable bonds is 5. The van der Waals surface area contributed by atoms with E-state index in [2.05, 4.69) is 27.2 Å². The maximum Gasteiger partial charge on any atom is 0.254 e. The van der Waals surface area contributed by atoms with Gasteiger partial charge in [0.05, 0.1) is 25.0 Å². The fourth-order valence-electron chi connectivity index (χ4n) is 2.56. The number of morpholine rings is 1. The molecule has 23 heavy (non-hydrogen) atoms. The number of hydrogen-bond acceptors (Lipinski definition) is 5. The summed E-state index contributed by atoms with van der Waals surface area (Å²) < 4.78 is 7.34. The summed E-state index contributed by atoms with van der Waals surface area (Å²) in [5, 5.41) is 7.15. The molecule has 1 aliphatic rings. The zero-order chi connectivity index (χ0) is 16.1. The number of aromatic nitrogens is 3. The number of anilines is 1. The number of carbonyl (C=O) groups excluding carboxylic acids is 1. The van der Waals surface area contributed by atoms with Crippen molar-refractivity contribution < 1.29 is 9.53 Å². The molecular weight excluding hydrogens is 294 g/mol. The Hall–Kier alpha value is -2.25. The Morgan fingerprint density at radius 1 is 1.43 bits per heavy atom. The monoisotopic (exact) mass is 315 g/mol. The smallest absolute Gasteiger partial charge is 0.254 e. The summed E-state index contributed by atoms with van der Waals surface area (Å²) in [6, 6.07) is 3.88. The van der Waals surface area contributed by atoms with E-state index in [0.717, 1.165) is 18.7 Å². The predicted molar refractivity (Wildman–Crippen MR) is 86.0 cm³/mol. The molecule has 2 aromatic heterocycles. The second-order valence-corrected chi connectivity index (χ2v) is 5.52. The van der Waals surface area contributed by atoms with E-state index >= 15 is 0 Å². The van der Waals surface area contributed by atoms with Crippen LogP contribution < -0.4 is 5.32 Å². The Morgan fingerprint density at radius 3 is 3.04 bits per heavy atom. The largest absolute Gasteiger partial charge is 0.366 e. The molecule has 1 amide bonds. The van der Waals surface area contributed by atoms with E-state index in [4.69, 9.17) is 4.74 Å². The minimum absolute atomic E-state index is 0.119. The molecule has 1 atom stereocenters. The summed E-state index contributed by atoms with van der Waals surface area (Å²) >= 11 is 0. The summed E-state index contributed by atoms with van der Waals surface area (Å²) in [4.78, 5) is 18.5. The van der Waals surface area contributed by atoms with Gasteiger partial charge >= 0.3 is 0 Å². The first-order chi connectivity index (χ1) is 11.2. The Morgan fingerprint density at radius 2 is 2.26 bits per heavy atom. The molecule has 0 aliphatic carbocycles. The summed E-state index contributed by atoms with van der Waals surface area (Å²) in [6.45, 7) is 5.76. The van der Waals surface area contributed by atoms with Crippen LogP contribution in [0, 0.1) is 0 Å². The number of carbonyl (C=O) groups is 1. The van der Waals surface area contributed by atoms with Crippen LogP contribution in [0.2, 0.25) is 0 Å². The molecule has 0 spiro atoms. The molecule has 0 saturated carbocycles. The molecule has 1 N–H and O–H groups in total. The van der Waals surface area contributed by atoms with E-state index in [1.165, 1.54) is 0 Å². The normalized spacial score (nSPS) is 18.7. The number of likely N-dealkylation sites (N-methyl/N-ethyl adjacent to an activating group) is 1. The van der Waals surface area contributed by atoms with Gasteiger partial charge in [-0.15, -0.1) is 0 Å². The number of nitrogens with zero attached hydrogens (tertiary/aromatic N) is 4. The number of nitrogens with one attached hydrogen (secondary N) is 1. The third-order valence-corrected chi connectivity index (χ3v) is 3.88. The van der Waals surface area contributed by atoms with Crippen LogP contribution in [0.15, 0.2) is 36.9 Å². The van der Waals surface area contributed by atoms with Gasteiger partial charge in [0.1, 0.15) is 6.10 Å². The van der Waals surface area contributed by atoms with Gasteiger partial charge in [0, 0.05) is 31.7 Å². The van der Waals surface area contributed by atoms with Crippen molar-refractivity contribution in [3.8, 4) is 0 Å². The van der Waals surface area contributed by atoms with E-state index in [-0.39, 0.29) is 5.91 Å². The maximum absolute atomic E-state index is 12.3. The first-order valence-corrected chi connectivity index (χ1v) is 7.81. The second-order valence-electron chi connectivity index (χ2n) is 5.52. The van der Waals surface area contributed by atoms with E-state index < -0.39 is 6.10 Å². The van der Waals surface area contributed by atoms with Gasteiger partial charge < -0.3 is 10.1 Å². The first-order valence-electron chi connectivity index (χ1n) is 7.81. The molecule has 2 aromatic rings. The predicted octanol–water partition coefficient (Wildman–Crippen LogP) is 0.986. The molecule has 0 bridgehead atoms. The van der Waals surface area contributed by atoms with Crippen molar-refractivity contribution in [2.24, 2.45) is 0 Å². The highest BCUT2D eigenvalue weighted by Crippen LogP contribution is 2.11. The molecule has 1 unspecified atom stereocenters. The van der Waals surface area contributed by atoms with Gasteiger partial charge in [0.25, 0.3) is 5.91 Å². The van der Waals surface area contributed by atoms with Crippen LogP contribution in [-0.4, -0.2) is 57.9 Å². The lowest BCUT2D eigenvalue weighted by molar-refractivity contribution is -0.132. The SMILES string of the molecule is CCN1CCOC(C(=O)Nc2cnn(Cc3ccncc3)c2)C1. The summed E-state index contributed by atoms with van der Waals surface area (Å²) in [6.07, 6.45) is 6.55. The van der Waals surface area contributed by atoms with E-state index in [9.17, 15) is 4.79 Å². The van der Waals surface area contributed by atoms with Gasteiger partial charge in [-0.25, -0.2) is 0 Å². The van der Waals surface area contributed by atoms with Crippen LogP contribution in [0.5, 0.6) is 0 Å². The van der Waals surface area contributed by atoms with E-state index in [1.54, 1.807) is 23.3 Å². The van der Waals surface area contributed by atoms with Crippen LogP contribution >= 0.6 is 0 Å². The van der Waals surface area contributed by atoms with Gasteiger partial charge in [-0.2, -0.15) is 5.10 Å². The van der Waals surface area contributed by atoms with Crippen molar-refractivity contribution in [3.05, 3.63) is 42.5 Å². The third kappa shape index (κ3) is 4.14. The highest BCUT2D eigenvalue weighted by atomic mass is 16.5. The van der Waals surface area contributed by atoms with Gasteiger partial charge in [-0.3, -0.25) is 19.4 Å². The third-order valence-electron chi connectivity index (χ3n) is 3.88. The van der Waals surface area contributed by atoms with Crippen molar-refractivity contribution in [1.29, 1.82) is 0 Å². The summed E-state index contributed by atoms with van der Waals surface area (Å²) in [5.41, 5.74) is 1.79. The molecule has 0 radical (unpaired) electrons. The van der Waals surface area contributed by atoms with Crippen LogP contribution in [0.4, 0.5) is 5.69 Å². The standard InChI is InChI=1S/C16H21N5O2/c1-2-20-7-8-23-15(12-20)16(22)19-14-9-18-21(11-14)10-13-3-5-17-6-4-13/h3-6,9,11,15H,2,7-8,10,12H2,1H3,(H,19,22). The van der Waals surface area contributed by atoms with Crippen molar-refractivity contribution in [2.45, 2.75) is 19.6 Å². The van der Waals surface area contributed by atoms with Crippen molar-refractivity contribution >= 4 is 11.6 Å². The Labute approximate surface area is 135 Å². The molecule has 0 aromatic carbocycles. The molecule has 1 saturated heterocycles. The van der Waals surface area contributed by atoms with Crippen molar-refractivity contribution in [1.82, 2.24) is 19.7 Å². The lowest BCUT2D eigenvalue weighted by atomic mass is 10.2. The fraction of sp³-hybridized carbons (Fsp3) is 0.438. The quantitative estimate of drug-likeness (QED) is 0.891. The average molecular weight is 315 g/mol. The first kappa shape index (κ1) is 15.6. The minimum Gasteiger partial charge on any atom is -0.366 e. The van der Waals surface area contributed by atoms with Gasteiger partial charge in [0.15, 0.2) is 0 Å². The molecule has 3 heterocycles. The molecule has 1 aliphatic heterocycles. The Kier molecular flexibility index (Phi) is 4.99.